The summed E-state index contributed by atoms with van der Waals surface area (Å²) in [7, 11) is 1.44. The number of amides is 1. The number of carbonyl (C=O) groups is 1. The fraction of sp³-hybridized carbons (Fsp3) is 0.0909. The molecule has 0 atom stereocenters. The summed E-state index contributed by atoms with van der Waals surface area (Å²) < 4.78 is 1.19. The number of halogens is 1. The molecular weight excluding hydrogens is 272 g/mol. The zero-order valence-electron chi connectivity index (χ0n) is 9.83. The molecule has 2 rings (SSSR count). The van der Waals surface area contributed by atoms with Crippen molar-refractivity contribution < 1.29 is 9.72 Å². The predicted octanol–water partition coefficient (Wildman–Crippen LogP) is 2.23. The van der Waals surface area contributed by atoms with Crippen LogP contribution in [0.5, 0.6) is 0 Å². The van der Waals surface area contributed by atoms with E-state index < -0.39 is 10.8 Å². The van der Waals surface area contributed by atoms with Crippen molar-refractivity contribution in [3.63, 3.8) is 0 Å². The van der Waals surface area contributed by atoms with Gasteiger partial charge in [0.25, 0.3) is 5.91 Å². The summed E-state index contributed by atoms with van der Waals surface area (Å²) in [4.78, 5) is 25.9. The van der Waals surface area contributed by atoms with Crippen LogP contribution < -0.4 is 5.32 Å². The second-order valence-electron chi connectivity index (χ2n) is 3.70. The van der Waals surface area contributed by atoms with E-state index in [0.717, 1.165) is 0 Å². The molecule has 0 radical (unpaired) electrons. The van der Waals surface area contributed by atoms with Gasteiger partial charge in [0.05, 0.1) is 24.0 Å². The third-order valence-electron chi connectivity index (χ3n) is 2.53. The molecule has 0 saturated carbocycles. The first kappa shape index (κ1) is 13.0. The van der Waals surface area contributed by atoms with E-state index in [2.05, 4.69) is 10.3 Å². The van der Waals surface area contributed by atoms with Crippen LogP contribution in [0.15, 0.2) is 30.6 Å². The maximum atomic E-state index is 12.0. The van der Waals surface area contributed by atoms with Gasteiger partial charge in [0.2, 0.25) is 0 Å². The molecule has 0 fully saturated rings. The van der Waals surface area contributed by atoms with E-state index in [-0.39, 0.29) is 11.5 Å². The van der Waals surface area contributed by atoms with Crippen LogP contribution in [0.25, 0.3) is 0 Å². The highest BCUT2D eigenvalue weighted by atomic mass is 35.5. The Bertz CT molecular complexity index is 653. The Hall–Kier alpha value is -2.41. The molecule has 19 heavy (non-hydrogen) atoms. The number of rotatable bonds is 3. The SMILES string of the molecule is Cn1c(C(=O)Nc2cnccc2Cl)ccc1[N+](=O)[O-]. The van der Waals surface area contributed by atoms with Crippen LogP contribution in [0.3, 0.4) is 0 Å². The van der Waals surface area contributed by atoms with Gasteiger partial charge in [-0.25, -0.2) is 4.57 Å². The maximum absolute atomic E-state index is 12.0. The minimum absolute atomic E-state index is 0.159. The van der Waals surface area contributed by atoms with E-state index in [1.54, 1.807) is 0 Å². The van der Waals surface area contributed by atoms with Crippen molar-refractivity contribution >= 4 is 29.0 Å². The average Bonchev–Trinajstić information content (AvgIpc) is 2.74. The molecule has 7 nitrogen and oxygen atoms in total. The maximum Gasteiger partial charge on any atom is 0.323 e. The van der Waals surface area contributed by atoms with Crippen LogP contribution in [-0.2, 0) is 7.05 Å². The van der Waals surface area contributed by atoms with Crippen molar-refractivity contribution in [2.45, 2.75) is 0 Å². The van der Waals surface area contributed by atoms with Crippen molar-refractivity contribution in [1.29, 1.82) is 0 Å². The Morgan fingerprint density at radius 3 is 2.79 bits per heavy atom. The van der Waals surface area contributed by atoms with E-state index in [0.29, 0.717) is 10.7 Å². The van der Waals surface area contributed by atoms with Gasteiger partial charge in [-0.1, -0.05) is 11.6 Å². The fourth-order valence-corrected chi connectivity index (χ4v) is 1.72. The van der Waals surface area contributed by atoms with Crippen LogP contribution >= 0.6 is 11.6 Å². The van der Waals surface area contributed by atoms with Crippen LogP contribution in [0.2, 0.25) is 5.02 Å². The smallest absolute Gasteiger partial charge is 0.323 e. The second-order valence-corrected chi connectivity index (χ2v) is 4.11. The summed E-state index contributed by atoms with van der Waals surface area (Å²) in [5.74, 6) is -0.659. The molecule has 0 bridgehead atoms. The molecule has 0 unspecified atom stereocenters. The lowest BCUT2D eigenvalue weighted by Gasteiger charge is -2.05. The molecule has 98 valence electrons. The monoisotopic (exact) mass is 280 g/mol. The third kappa shape index (κ3) is 2.55. The van der Waals surface area contributed by atoms with E-state index in [1.165, 1.54) is 42.2 Å². The number of nitrogens with one attached hydrogen (secondary N) is 1. The predicted molar refractivity (Wildman–Crippen MR) is 69.3 cm³/mol. The van der Waals surface area contributed by atoms with Crippen molar-refractivity contribution in [1.82, 2.24) is 9.55 Å². The molecule has 8 heteroatoms. The molecule has 1 N–H and O–H groups in total. The summed E-state index contributed by atoms with van der Waals surface area (Å²) in [6.07, 6.45) is 2.89. The molecular formula is C11H9ClN4O3. The van der Waals surface area contributed by atoms with Crippen LogP contribution in [0.1, 0.15) is 10.5 Å². The van der Waals surface area contributed by atoms with Crippen molar-refractivity contribution in [3.05, 3.63) is 51.4 Å². The first-order chi connectivity index (χ1) is 9.00. The summed E-state index contributed by atoms with van der Waals surface area (Å²) in [5, 5.41) is 13.6. The lowest BCUT2D eigenvalue weighted by atomic mass is 10.3. The number of hydrogen-bond acceptors (Lipinski definition) is 4. The van der Waals surface area contributed by atoms with Crippen molar-refractivity contribution in [2.24, 2.45) is 7.05 Å². The van der Waals surface area contributed by atoms with Gasteiger partial charge in [-0.2, -0.15) is 0 Å². The summed E-state index contributed by atoms with van der Waals surface area (Å²) in [5.41, 5.74) is 0.504. The van der Waals surface area contributed by atoms with Crippen LogP contribution in [0.4, 0.5) is 11.5 Å². The van der Waals surface area contributed by atoms with Gasteiger partial charge in [-0.15, -0.1) is 0 Å². The number of nitro groups is 1. The Morgan fingerprint density at radius 1 is 1.47 bits per heavy atom. The summed E-state index contributed by atoms with van der Waals surface area (Å²) in [6, 6.07) is 4.17. The highest BCUT2D eigenvalue weighted by Gasteiger charge is 2.21. The Morgan fingerprint density at radius 2 is 2.21 bits per heavy atom. The van der Waals surface area contributed by atoms with Crippen molar-refractivity contribution in [2.75, 3.05) is 5.32 Å². The van der Waals surface area contributed by atoms with E-state index >= 15 is 0 Å². The molecule has 0 aliphatic carbocycles. The minimum Gasteiger partial charge on any atom is -0.358 e. The average molecular weight is 281 g/mol. The van der Waals surface area contributed by atoms with Crippen LogP contribution in [-0.4, -0.2) is 20.4 Å². The quantitative estimate of drug-likeness (QED) is 0.689. The molecule has 2 aromatic heterocycles. The molecule has 2 heterocycles. The van der Waals surface area contributed by atoms with Gasteiger partial charge < -0.3 is 15.4 Å². The molecule has 1 amide bonds. The molecule has 0 aromatic carbocycles. The molecule has 2 aromatic rings. The van der Waals surface area contributed by atoms with E-state index in [4.69, 9.17) is 11.6 Å². The number of anilines is 1. The first-order valence-electron chi connectivity index (χ1n) is 5.21. The Kier molecular flexibility index (Phi) is 3.48. The van der Waals surface area contributed by atoms with Crippen molar-refractivity contribution in [3.8, 4) is 0 Å². The lowest BCUT2D eigenvalue weighted by molar-refractivity contribution is -0.391. The summed E-state index contributed by atoms with van der Waals surface area (Å²) in [6.45, 7) is 0. The zero-order valence-corrected chi connectivity index (χ0v) is 10.6. The minimum atomic E-state index is -0.562. The van der Waals surface area contributed by atoms with Crippen LogP contribution in [0, 0.1) is 10.1 Å². The molecule has 0 saturated heterocycles. The number of pyridine rings is 1. The zero-order chi connectivity index (χ0) is 14.0. The fourth-order valence-electron chi connectivity index (χ4n) is 1.57. The standard InChI is InChI=1S/C11H9ClN4O3/c1-15-9(2-3-10(15)16(18)19)11(17)14-8-6-13-5-4-7(8)12/h2-6H,1H3,(H,14,17). The summed E-state index contributed by atoms with van der Waals surface area (Å²) >= 11 is 5.88. The highest BCUT2D eigenvalue weighted by Crippen LogP contribution is 2.21. The Balaban J connectivity index is 2.26. The molecule has 0 aliphatic heterocycles. The normalized spacial score (nSPS) is 10.2. The van der Waals surface area contributed by atoms with Gasteiger partial charge in [0.15, 0.2) is 5.69 Å². The first-order valence-corrected chi connectivity index (χ1v) is 5.59. The van der Waals surface area contributed by atoms with E-state index in [9.17, 15) is 14.9 Å². The molecule has 0 aliphatic rings. The van der Waals surface area contributed by atoms with Gasteiger partial charge in [0.1, 0.15) is 0 Å². The second kappa shape index (κ2) is 5.07. The molecule has 0 spiro atoms. The number of carbonyl (C=O) groups excluding carboxylic acids is 1. The van der Waals surface area contributed by atoms with E-state index in [1.807, 2.05) is 0 Å². The van der Waals surface area contributed by atoms with Gasteiger partial charge >= 0.3 is 5.82 Å². The van der Waals surface area contributed by atoms with Gasteiger partial charge in [0, 0.05) is 12.3 Å². The number of aromatic nitrogens is 2. The Labute approximate surface area is 113 Å². The third-order valence-corrected chi connectivity index (χ3v) is 2.86. The number of hydrogen-bond donors (Lipinski definition) is 1. The highest BCUT2D eigenvalue weighted by molar-refractivity contribution is 6.33. The lowest BCUT2D eigenvalue weighted by Crippen LogP contribution is -2.16. The number of nitrogens with zero attached hydrogens (tertiary/aromatic N) is 3. The topological polar surface area (TPSA) is 90.1 Å². The largest absolute Gasteiger partial charge is 0.358 e. The van der Waals surface area contributed by atoms with Gasteiger partial charge in [-0.3, -0.25) is 9.78 Å². The van der Waals surface area contributed by atoms with Gasteiger partial charge in [-0.05, 0) is 17.1 Å².